The maximum absolute atomic E-state index is 12.8. The Morgan fingerprint density at radius 2 is 2.32 bits per heavy atom. The van der Waals surface area contributed by atoms with Crippen LogP contribution in [0.25, 0.3) is 0 Å². The third-order valence-corrected chi connectivity index (χ3v) is 5.76. The predicted octanol–water partition coefficient (Wildman–Crippen LogP) is 1.42. The highest BCUT2D eigenvalue weighted by Crippen LogP contribution is 2.21. The van der Waals surface area contributed by atoms with Gasteiger partial charge in [0.2, 0.25) is 0 Å². The molecule has 0 unspecified atom stereocenters. The molecule has 1 atom stereocenters. The maximum atomic E-state index is 12.8. The van der Waals surface area contributed by atoms with Crippen molar-refractivity contribution in [3.05, 3.63) is 30.1 Å². The van der Waals surface area contributed by atoms with Crippen LogP contribution in [0.3, 0.4) is 0 Å². The molecule has 1 aliphatic heterocycles. The topological polar surface area (TPSA) is 72.3 Å². The first kappa shape index (κ1) is 16.7. The number of carbonyl (C=O) groups excluding carboxylic acids is 1. The highest BCUT2D eigenvalue weighted by Gasteiger charge is 2.35. The molecule has 1 saturated heterocycles. The van der Waals surface area contributed by atoms with Crippen LogP contribution in [0.4, 0.5) is 0 Å². The third-order valence-electron chi connectivity index (χ3n) is 4.00. The van der Waals surface area contributed by atoms with E-state index in [1.807, 2.05) is 11.6 Å². The summed E-state index contributed by atoms with van der Waals surface area (Å²) in [6, 6.07) is -0.274. The fourth-order valence-electron chi connectivity index (χ4n) is 2.81. The zero-order valence-corrected chi connectivity index (χ0v) is 14.0. The van der Waals surface area contributed by atoms with E-state index in [-0.39, 0.29) is 23.5 Å². The lowest BCUT2D eigenvalue weighted by atomic mass is 10.1. The molecule has 22 heavy (non-hydrogen) atoms. The number of carbonyl (C=O) groups is 1. The SMILES string of the molecule is C=CCN(C(=O)c1cnn(CCC)c1C)[C@@H]1CCS(=O)(=O)C1. The standard InChI is InChI=1S/C15H23N3O3S/c1-4-7-17(13-6-9-22(20,21)11-13)15(19)14-10-16-18(8-5-2)12(14)3/h4,10,13H,1,5-9,11H2,2-3H3/t13-/m1/s1. The fourth-order valence-corrected chi connectivity index (χ4v) is 4.54. The van der Waals surface area contributed by atoms with Crippen LogP contribution in [0.5, 0.6) is 0 Å². The first-order chi connectivity index (χ1) is 10.4. The van der Waals surface area contributed by atoms with E-state index in [0.29, 0.717) is 18.5 Å². The molecular weight excluding hydrogens is 302 g/mol. The fraction of sp³-hybridized carbons (Fsp3) is 0.600. The Bertz CT molecular complexity index is 664. The molecule has 1 aromatic heterocycles. The van der Waals surface area contributed by atoms with Crippen molar-refractivity contribution in [2.45, 2.75) is 39.3 Å². The molecule has 7 heteroatoms. The van der Waals surface area contributed by atoms with Gasteiger partial charge >= 0.3 is 0 Å². The summed E-state index contributed by atoms with van der Waals surface area (Å²) in [7, 11) is -3.04. The lowest BCUT2D eigenvalue weighted by Crippen LogP contribution is -2.41. The second kappa shape index (κ2) is 6.64. The molecule has 122 valence electrons. The van der Waals surface area contributed by atoms with E-state index in [2.05, 4.69) is 18.6 Å². The van der Waals surface area contributed by atoms with Crippen molar-refractivity contribution in [2.75, 3.05) is 18.1 Å². The van der Waals surface area contributed by atoms with Crippen LogP contribution in [0.1, 0.15) is 35.8 Å². The van der Waals surface area contributed by atoms with E-state index in [0.717, 1.165) is 18.7 Å². The van der Waals surface area contributed by atoms with Gasteiger partial charge in [0.1, 0.15) is 0 Å². The number of hydrogen-bond acceptors (Lipinski definition) is 4. The van der Waals surface area contributed by atoms with Crippen molar-refractivity contribution in [3.8, 4) is 0 Å². The van der Waals surface area contributed by atoms with E-state index >= 15 is 0 Å². The second-order valence-electron chi connectivity index (χ2n) is 5.67. The van der Waals surface area contributed by atoms with Gasteiger partial charge in [0.15, 0.2) is 9.84 Å². The molecule has 0 spiro atoms. The number of aromatic nitrogens is 2. The molecule has 2 rings (SSSR count). The molecular formula is C15H23N3O3S. The molecule has 2 heterocycles. The van der Waals surface area contributed by atoms with Gasteiger partial charge in [-0.25, -0.2) is 8.42 Å². The molecule has 1 aliphatic rings. The van der Waals surface area contributed by atoms with Gasteiger partial charge in [0, 0.05) is 24.8 Å². The minimum absolute atomic E-state index is 0.0364. The van der Waals surface area contributed by atoms with Crippen LogP contribution in [0.15, 0.2) is 18.9 Å². The second-order valence-corrected chi connectivity index (χ2v) is 7.90. The third kappa shape index (κ3) is 3.40. The normalized spacial score (nSPS) is 20.0. The van der Waals surface area contributed by atoms with E-state index in [1.54, 1.807) is 17.2 Å². The number of sulfone groups is 1. The Kier molecular flexibility index (Phi) is 5.05. The van der Waals surface area contributed by atoms with Gasteiger partial charge in [-0.2, -0.15) is 5.10 Å². The Labute approximate surface area is 131 Å². The van der Waals surface area contributed by atoms with Gasteiger partial charge in [-0.1, -0.05) is 13.0 Å². The molecule has 1 amide bonds. The molecule has 0 N–H and O–H groups in total. The Balaban J connectivity index is 2.25. The van der Waals surface area contributed by atoms with Gasteiger partial charge in [-0.15, -0.1) is 6.58 Å². The largest absolute Gasteiger partial charge is 0.331 e. The molecule has 0 saturated carbocycles. The summed E-state index contributed by atoms with van der Waals surface area (Å²) in [6.45, 7) is 8.70. The van der Waals surface area contributed by atoms with E-state index in [1.165, 1.54) is 0 Å². The summed E-state index contributed by atoms with van der Waals surface area (Å²) in [5.74, 6) is 0.0170. The quantitative estimate of drug-likeness (QED) is 0.742. The van der Waals surface area contributed by atoms with Crippen molar-refractivity contribution in [2.24, 2.45) is 0 Å². The first-order valence-electron chi connectivity index (χ1n) is 7.54. The number of amides is 1. The molecule has 1 fully saturated rings. The van der Waals surface area contributed by atoms with Crippen molar-refractivity contribution in [1.29, 1.82) is 0 Å². The molecule has 0 radical (unpaired) electrons. The van der Waals surface area contributed by atoms with Crippen molar-refractivity contribution in [3.63, 3.8) is 0 Å². The zero-order valence-electron chi connectivity index (χ0n) is 13.2. The van der Waals surface area contributed by atoms with Gasteiger partial charge in [0.25, 0.3) is 5.91 Å². The zero-order chi connectivity index (χ0) is 16.3. The van der Waals surface area contributed by atoms with Crippen LogP contribution >= 0.6 is 0 Å². The number of nitrogens with zero attached hydrogens (tertiary/aromatic N) is 3. The summed E-state index contributed by atoms with van der Waals surface area (Å²) in [5.41, 5.74) is 1.36. The van der Waals surface area contributed by atoms with Gasteiger partial charge in [0.05, 0.1) is 23.3 Å². The minimum atomic E-state index is -3.04. The minimum Gasteiger partial charge on any atom is -0.331 e. The number of aryl methyl sites for hydroxylation is 1. The molecule has 0 aromatic carbocycles. The van der Waals surface area contributed by atoms with Crippen LogP contribution in [-0.4, -0.2) is 53.1 Å². The monoisotopic (exact) mass is 325 g/mol. The summed E-state index contributed by atoms with van der Waals surface area (Å²) < 4.78 is 25.2. The number of hydrogen-bond donors (Lipinski definition) is 0. The van der Waals surface area contributed by atoms with Crippen molar-refractivity contribution < 1.29 is 13.2 Å². The molecule has 0 aliphatic carbocycles. The Morgan fingerprint density at radius 1 is 1.59 bits per heavy atom. The van der Waals surface area contributed by atoms with Crippen LogP contribution in [0.2, 0.25) is 0 Å². The lowest BCUT2D eigenvalue weighted by molar-refractivity contribution is 0.0719. The van der Waals surface area contributed by atoms with E-state index < -0.39 is 9.84 Å². The highest BCUT2D eigenvalue weighted by molar-refractivity contribution is 7.91. The smallest absolute Gasteiger partial charge is 0.257 e. The average molecular weight is 325 g/mol. The van der Waals surface area contributed by atoms with Crippen molar-refractivity contribution in [1.82, 2.24) is 14.7 Å². The van der Waals surface area contributed by atoms with Gasteiger partial charge in [-0.05, 0) is 19.8 Å². The predicted molar refractivity (Wildman–Crippen MR) is 85.5 cm³/mol. The van der Waals surface area contributed by atoms with Crippen molar-refractivity contribution >= 4 is 15.7 Å². The maximum Gasteiger partial charge on any atom is 0.257 e. The summed E-state index contributed by atoms with van der Waals surface area (Å²) in [5, 5.41) is 4.25. The van der Waals surface area contributed by atoms with Gasteiger partial charge < -0.3 is 4.90 Å². The molecule has 6 nitrogen and oxygen atoms in total. The van der Waals surface area contributed by atoms with E-state index in [9.17, 15) is 13.2 Å². The summed E-state index contributed by atoms with van der Waals surface area (Å²) in [4.78, 5) is 14.4. The summed E-state index contributed by atoms with van der Waals surface area (Å²) in [6.07, 6.45) is 4.64. The van der Waals surface area contributed by atoms with E-state index in [4.69, 9.17) is 0 Å². The van der Waals surface area contributed by atoms with Gasteiger partial charge in [-0.3, -0.25) is 9.48 Å². The van der Waals surface area contributed by atoms with Crippen LogP contribution in [0, 0.1) is 6.92 Å². The molecule has 0 bridgehead atoms. The average Bonchev–Trinajstić information content (AvgIpc) is 3.00. The Hall–Kier alpha value is -1.63. The number of rotatable bonds is 6. The lowest BCUT2D eigenvalue weighted by Gasteiger charge is -2.27. The van der Waals surface area contributed by atoms with Crippen LogP contribution in [-0.2, 0) is 16.4 Å². The highest BCUT2D eigenvalue weighted by atomic mass is 32.2. The van der Waals surface area contributed by atoms with Crippen LogP contribution < -0.4 is 0 Å². The summed E-state index contributed by atoms with van der Waals surface area (Å²) >= 11 is 0. The first-order valence-corrected chi connectivity index (χ1v) is 9.36. The molecule has 1 aromatic rings. The Morgan fingerprint density at radius 3 is 2.86 bits per heavy atom.